The molecule has 2 nitrogen and oxygen atoms in total. The van der Waals surface area contributed by atoms with Crippen LogP contribution in [0.5, 0.6) is 0 Å². The van der Waals surface area contributed by atoms with Crippen molar-refractivity contribution < 1.29 is 9.53 Å². The minimum atomic E-state index is -0.0372. The number of halogens is 1. The van der Waals surface area contributed by atoms with Gasteiger partial charge in [-0.3, -0.25) is 4.79 Å². The normalized spacial score (nSPS) is 24.8. The average Bonchev–Trinajstić information content (AvgIpc) is 2.28. The van der Waals surface area contributed by atoms with Gasteiger partial charge in [0.2, 0.25) is 0 Å². The highest BCUT2D eigenvalue weighted by Gasteiger charge is 2.08. The van der Waals surface area contributed by atoms with Gasteiger partial charge in [0, 0.05) is 23.2 Å². The Hall–Kier alpha value is -0.240. The third kappa shape index (κ3) is 7.10. The van der Waals surface area contributed by atoms with Crippen LogP contribution < -0.4 is 0 Å². The maximum Gasteiger partial charge on any atom is 0.305 e. The molecule has 1 aliphatic rings. The van der Waals surface area contributed by atoms with E-state index in [2.05, 4.69) is 34.4 Å². The van der Waals surface area contributed by atoms with Crippen LogP contribution in [0.1, 0.15) is 51.4 Å². The van der Waals surface area contributed by atoms with Gasteiger partial charge in [-0.15, -0.1) is 11.8 Å². The van der Waals surface area contributed by atoms with Crippen molar-refractivity contribution in [1.82, 2.24) is 0 Å². The number of esters is 1. The van der Waals surface area contributed by atoms with E-state index >= 15 is 0 Å². The summed E-state index contributed by atoms with van der Waals surface area (Å²) in [6.45, 7) is 0.562. The standard InChI is InChI=1S/C13H19IO2/c14-12-9-7-5-3-1-2-4-6-8-10-13(15)16-11-12/h12H,2,4-11H2. The van der Waals surface area contributed by atoms with Crippen LogP contribution >= 0.6 is 22.6 Å². The minimum Gasteiger partial charge on any atom is -0.465 e. The van der Waals surface area contributed by atoms with Crippen LogP contribution in [0.4, 0.5) is 0 Å². The van der Waals surface area contributed by atoms with Crippen LogP contribution in [0.15, 0.2) is 0 Å². The van der Waals surface area contributed by atoms with E-state index in [4.69, 9.17) is 4.74 Å². The first-order chi connectivity index (χ1) is 7.79. The predicted octanol–water partition coefficient (Wildman–Crippen LogP) is 3.47. The number of cyclic esters (lactones) is 1. The minimum absolute atomic E-state index is 0.0372. The van der Waals surface area contributed by atoms with E-state index in [9.17, 15) is 4.79 Å². The molecule has 16 heavy (non-hydrogen) atoms. The summed E-state index contributed by atoms with van der Waals surface area (Å²) in [5.41, 5.74) is 0. The molecule has 0 aromatic heterocycles. The van der Waals surface area contributed by atoms with Crippen molar-refractivity contribution in [1.29, 1.82) is 0 Å². The van der Waals surface area contributed by atoms with Gasteiger partial charge in [-0.25, -0.2) is 0 Å². The summed E-state index contributed by atoms with van der Waals surface area (Å²) in [7, 11) is 0. The van der Waals surface area contributed by atoms with Gasteiger partial charge in [-0.2, -0.15) is 0 Å². The molecule has 0 fully saturated rings. The molecule has 0 amide bonds. The van der Waals surface area contributed by atoms with Crippen LogP contribution in [0.25, 0.3) is 0 Å². The van der Waals surface area contributed by atoms with Gasteiger partial charge in [-0.1, -0.05) is 29.0 Å². The molecule has 1 aliphatic heterocycles. The second kappa shape index (κ2) is 8.86. The molecule has 0 spiro atoms. The predicted molar refractivity (Wildman–Crippen MR) is 73.5 cm³/mol. The fourth-order valence-corrected chi connectivity index (χ4v) is 2.21. The van der Waals surface area contributed by atoms with E-state index in [1.807, 2.05) is 0 Å². The molecule has 0 radical (unpaired) electrons. The molecule has 0 saturated heterocycles. The summed E-state index contributed by atoms with van der Waals surface area (Å²) in [5, 5.41) is 0. The monoisotopic (exact) mass is 334 g/mol. The molecule has 1 unspecified atom stereocenters. The lowest BCUT2D eigenvalue weighted by molar-refractivity contribution is -0.143. The van der Waals surface area contributed by atoms with Crippen molar-refractivity contribution >= 4 is 28.6 Å². The molecular weight excluding hydrogens is 315 g/mol. The number of hydrogen-bond acceptors (Lipinski definition) is 2. The average molecular weight is 334 g/mol. The van der Waals surface area contributed by atoms with Gasteiger partial charge >= 0.3 is 5.97 Å². The van der Waals surface area contributed by atoms with Crippen molar-refractivity contribution in [3.8, 4) is 11.8 Å². The zero-order valence-electron chi connectivity index (χ0n) is 9.64. The van der Waals surface area contributed by atoms with Crippen molar-refractivity contribution in [2.75, 3.05) is 6.61 Å². The van der Waals surface area contributed by atoms with Crippen LogP contribution in [0.3, 0.4) is 0 Å². The summed E-state index contributed by atoms with van der Waals surface area (Å²) in [4.78, 5) is 11.3. The Morgan fingerprint density at radius 2 is 1.88 bits per heavy atom. The Bertz CT molecular complexity index is 265. The Labute approximate surface area is 112 Å². The smallest absolute Gasteiger partial charge is 0.305 e. The number of carbonyl (C=O) groups excluding carboxylic acids is 1. The Kier molecular flexibility index (Phi) is 7.65. The first-order valence-electron chi connectivity index (χ1n) is 6.04. The third-order valence-electron chi connectivity index (χ3n) is 2.55. The summed E-state index contributed by atoms with van der Waals surface area (Å²) in [6.07, 6.45) is 7.84. The van der Waals surface area contributed by atoms with Gasteiger partial charge < -0.3 is 4.74 Å². The molecule has 0 saturated carbocycles. The van der Waals surface area contributed by atoms with Crippen molar-refractivity contribution in [3.05, 3.63) is 0 Å². The number of rotatable bonds is 0. The van der Waals surface area contributed by atoms with Crippen LogP contribution in [-0.2, 0) is 9.53 Å². The Morgan fingerprint density at radius 3 is 2.69 bits per heavy atom. The summed E-state index contributed by atoms with van der Waals surface area (Å²) in [5.74, 6) is 6.37. The number of carbonyl (C=O) groups is 1. The van der Waals surface area contributed by atoms with Crippen LogP contribution in [0.2, 0.25) is 0 Å². The molecule has 0 aromatic rings. The van der Waals surface area contributed by atoms with Crippen molar-refractivity contribution in [2.24, 2.45) is 0 Å². The van der Waals surface area contributed by atoms with Crippen molar-refractivity contribution in [2.45, 2.75) is 55.3 Å². The summed E-state index contributed by atoms with van der Waals surface area (Å²) in [6, 6.07) is 0. The van der Waals surface area contributed by atoms with Gasteiger partial charge in [-0.05, 0) is 25.7 Å². The number of alkyl halides is 1. The molecule has 90 valence electrons. The molecule has 0 bridgehead atoms. The van der Waals surface area contributed by atoms with E-state index in [1.54, 1.807) is 0 Å². The first-order valence-corrected chi connectivity index (χ1v) is 7.29. The van der Waals surface area contributed by atoms with E-state index in [0.717, 1.165) is 44.9 Å². The first kappa shape index (κ1) is 13.8. The lowest BCUT2D eigenvalue weighted by Crippen LogP contribution is -2.13. The second-order valence-electron chi connectivity index (χ2n) is 4.09. The zero-order chi connectivity index (χ0) is 11.6. The molecular formula is C13H19IO2. The quantitative estimate of drug-likeness (QED) is 0.293. The highest BCUT2D eigenvalue weighted by Crippen LogP contribution is 2.12. The van der Waals surface area contributed by atoms with E-state index in [0.29, 0.717) is 17.0 Å². The second-order valence-corrected chi connectivity index (χ2v) is 5.85. The van der Waals surface area contributed by atoms with Crippen molar-refractivity contribution in [3.63, 3.8) is 0 Å². The van der Waals surface area contributed by atoms with E-state index in [1.165, 1.54) is 0 Å². The highest BCUT2D eigenvalue weighted by atomic mass is 127. The topological polar surface area (TPSA) is 26.3 Å². The van der Waals surface area contributed by atoms with Crippen LogP contribution in [0, 0.1) is 11.8 Å². The summed E-state index contributed by atoms with van der Waals surface area (Å²) >= 11 is 2.35. The fourth-order valence-electron chi connectivity index (χ4n) is 1.59. The fraction of sp³-hybridized carbons (Fsp3) is 0.769. The molecule has 0 aromatic carbocycles. The van der Waals surface area contributed by atoms with Crippen LogP contribution in [-0.4, -0.2) is 16.5 Å². The van der Waals surface area contributed by atoms with Gasteiger partial charge in [0.25, 0.3) is 0 Å². The SMILES string of the molecule is O=C1CCCCCC#CCCCC(I)CO1. The van der Waals surface area contributed by atoms with Gasteiger partial charge in [0.05, 0.1) is 0 Å². The summed E-state index contributed by atoms with van der Waals surface area (Å²) < 4.78 is 5.65. The molecule has 1 atom stereocenters. The Morgan fingerprint density at radius 1 is 1.12 bits per heavy atom. The molecule has 1 heterocycles. The number of ether oxygens (including phenoxy) is 1. The van der Waals surface area contributed by atoms with E-state index < -0.39 is 0 Å². The van der Waals surface area contributed by atoms with E-state index in [-0.39, 0.29) is 5.97 Å². The van der Waals surface area contributed by atoms with Gasteiger partial charge in [0.15, 0.2) is 0 Å². The van der Waals surface area contributed by atoms with Gasteiger partial charge in [0.1, 0.15) is 6.61 Å². The molecule has 0 N–H and O–H groups in total. The molecule has 1 rings (SSSR count). The largest absolute Gasteiger partial charge is 0.465 e. The molecule has 3 heteroatoms. The lowest BCUT2D eigenvalue weighted by Gasteiger charge is -2.10. The maximum atomic E-state index is 11.3. The Balaban J connectivity index is 2.33. The third-order valence-corrected chi connectivity index (χ3v) is 3.53. The lowest BCUT2D eigenvalue weighted by atomic mass is 10.1. The zero-order valence-corrected chi connectivity index (χ0v) is 11.8. The number of hydrogen-bond donors (Lipinski definition) is 0. The molecule has 0 aliphatic carbocycles. The maximum absolute atomic E-state index is 11.3. The highest BCUT2D eigenvalue weighted by molar-refractivity contribution is 14.1.